The minimum absolute atomic E-state index is 0.0168. The molecule has 0 aromatic carbocycles. The highest BCUT2D eigenvalue weighted by Crippen LogP contribution is 2.17. The van der Waals surface area contributed by atoms with E-state index in [2.05, 4.69) is 10.3 Å². The van der Waals surface area contributed by atoms with Gasteiger partial charge in [0.25, 0.3) is 0 Å². The predicted octanol–water partition coefficient (Wildman–Crippen LogP) is 0.618. The summed E-state index contributed by atoms with van der Waals surface area (Å²) in [5, 5.41) is 11.2. The predicted molar refractivity (Wildman–Crippen MR) is 56.0 cm³/mol. The zero-order valence-electron chi connectivity index (χ0n) is 8.06. The Bertz CT molecular complexity index is 381. The summed E-state index contributed by atoms with van der Waals surface area (Å²) < 4.78 is 0. The third kappa shape index (κ3) is 3.59. The van der Waals surface area contributed by atoms with Crippen LogP contribution < -0.4 is 5.32 Å². The lowest BCUT2D eigenvalue weighted by atomic mass is 10.3. The van der Waals surface area contributed by atoms with E-state index in [1.165, 1.54) is 24.0 Å². The molecule has 0 spiro atoms. The Hall–Kier alpha value is -1.56. The summed E-state index contributed by atoms with van der Waals surface area (Å²) in [5.41, 5.74) is -0.0168. The highest BCUT2D eigenvalue weighted by Gasteiger charge is 2.06. The Kier molecular flexibility index (Phi) is 4.11. The molecule has 0 bridgehead atoms. The first-order valence-electron chi connectivity index (χ1n) is 4.16. The van der Waals surface area contributed by atoms with Crippen molar-refractivity contribution in [2.24, 2.45) is 0 Å². The first-order chi connectivity index (χ1) is 7.13. The molecule has 1 aromatic rings. The number of aromatic nitrogens is 1. The topological polar surface area (TPSA) is 79.3 Å². The van der Waals surface area contributed by atoms with E-state index in [4.69, 9.17) is 5.11 Å². The number of thioether (sulfide) groups is 1. The summed E-state index contributed by atoms with van der Waals surface area (Å²) in [6.45, 7) is 0. The second-order valence-electron chi connectivity index (χ2n) is 2.64. The van der Waals surface area contributed by atoms with Crippen LogP contribution in [0.1, 0.15) is 10.5 Å². The number of pyridine rings is 1. The van der Waals surface area contributed by atoms with Crippen molar-refractivity contribution in [1.29, 1.82) is 0 Å². The van der Waals surface area contributed by atoms with Crippen LogP contribution in [0.3, 0.4) is 0 Å². The van der Waals surface area contributed by atoms with Gasteiger partial charge in [0, 0.05) is 18.1 Å². The number of nitrogens with zero attached hydrogens (tertiary/aromatic N) is 1. The highest BCUT2D eigenvalue weighted by molar-refractivity contribution is 8.00. The molecule has 0 radical (unpaired) electrons. The quantitative estimate of drug-likeness (QED) is 0.736. The van der Waals surface area contributed by atoms with E-state index < -0.39 is 5.97 Å². The highest BCUT2D eigenvalue weighted by atomic mass is 32.2. The van der Waals surface area contributed by atoms with E-state index >= 15 is 0 Å². The SMILES string of the molecule is CNC(=O)CSc1ccnc(C(=O)O)c1. The van der Waals surface area contributed by atoms with Crippen LogP contribution in [-0.2, 0) is 4.79 Å². The number of hydrogen-bond acceptors (Lipinski definition) is 4. The van der Waals surface area contributed by atoms with Crippen molar-refractivity contribution < 1.29 is 14.7 Å². The molecule has 0 fully saturated rings. The van der Waals surface area contributed by atoms with Crippen molar-refractivity contribution in [1.82, 2.24) is 10.3 Å². The molecule has 1 rings (SSSR count). The van der Waals surface area contributed by atoms with Gasteiger partial charge in [0.2, 0.25) is 5.91 Å². The number of aromatic carboxylic acids is 1. The molecule has 6 heteroatoms. The van der Waals surface area contributed by atoms with Gasteiger partial charge >= 0.3 is 5.97 Å². The summed E-state index contributed by atoms with van der Waals surface area (Å²) >= 11 is 1.27. The van der Waals surface area contributed by atoms with Crippen molar-refractivity contribution >= 4 is 23.6 Å². The molecule has 0 atom stereocenters. The van der Waals surface area contributed by atoms with Gasteiger partial charge in [-0.15, -0.1) is 11.8 Å². The normalized spacial score (nSPS) is 9.67. The zero-order chi connectivity index (χ0) is 11.3. The number of carbonyl (C=O) groups is 2. The Balaban J connectivity index is 2.66. The molecule has 0 aliphatic carbocycles. The first-order valence-corrected chi connectivity index (χ1v) is 5.14. The van der Waals surface area contributed by atoms with Crippen molar-refractivity contribution in [2.45, 2.75) is 4.90 Å². The van der Waals surface area contributed by atoms with Gasteiger partial charge in [-0.1, -0.05) is 0 Å². The summed E-state index contributed by atoms with van der Waals surface area (Å²) in [4.78, 5) is 25.9. The maximum absolute atomic E-state index is 10.9. The molecule has 0 aliphatic heterocycles. The second-order valence-corrected chi connectivity index (χ2v) is 3.69. The number of amides is 1. The van der Waals surface area contributed by atoms with Crippen molar-refractivity contribution in [3.8, 4) is 0 Å². The van der Waals surface area contributed by atoms with Gasteiger partial charge in [-0.3, -0.25) is 4.79 Å². The maximum atomic E-state index is 10.9. The Morgan fingerprint density at radius 3 is 2.93 bits per heavy atom. The Labute approximate surface area is 90.9 Å². The number of carbonyl (C=O) groups excluding carboxylic acids is 1. The fraction of sp³-hybridized carbons (Fsp3) is 0.222. The maximum Gasteiger partial charge on any atom is 0.354 e. The van der Waals surface area contributed by atoms with Crippen molar-refractivity contribution in [3.63, 3.8) is 0 Å². The van der Waals surface area contributed by atoms with Crippen LogP contribution in [0.4, 0.5) is 0 Å². The van der Waals surface area contributed by atoms with Gasteiger partial charge in [-0.25, -0.2) is 9.78 Å². The third-order valence-electron chi connectivity index (χ3n) is 1.60. The van der Waals surface area contributed by atoms with Gasteiger partial charge in [-0.2, -0.15) is 0 Å². The fourth-order valence-corrected chi connectivity index (χ4v) is 1.63. The molecule has 1 aromatic heterocycles. The van der Waals surface area contributed by atoms with Gasteiger partial charge in [0.15, 0.2) is 0 Å². The smallest absolute Gasteiger partial charge is 0.354 e. The molecule has 1 heterocycles. The molecule has 0 aliphatic rings. The van der Waals surface area contributed by atoms with Crippen LogP contribution in [0.2, 0.25) is 0 Å². The molecular weight excluding hydrogens is 216 g/mol. The summed E-state index contributed by atoms with van der Waals surface area (Å²) in [7, 11) is 1.55. The molecule has 1 amide bonds. The number of hydrogen-bond donors (Lipinski definition) is 2. The van der Waals surface area contributed by atoms with Crippen LogP contribution in [0.5, 0.6) is 0 Å². The first kappa shape index (κ1) is 11.5. The largest absolute Gasteiger partial charge is 0.477 e. The molecule has 5 nitrogen and oxygen atoms in total. The Morgan fingerprint density at radius 2 is 2.33 bits per heavy atom. The average molecular weight is 226 g/mol. The van der Waals surface area contributed by atoms with Crippen LogP contribution >= 0.6 is 11.8 Å². The van der Waals surface area contributed by atoms with Crippen LogP contribution in [0, 0.1) is 0 Å². The standard InChI is InChI=1S/C9H10N2O3S/c1-10-8(12)5-15-6-2-3-11-7(4-6)9(13)14/h2-4H,5H2,1H3,(H,10,12)(H,13,14). The number of carboxylic acid groups (broad SMARTS) is 1. The molecule has 0 saturated heterocycles. The van der Waals surface area contributed by atoms with Crippen molar-refractivity contribution in [2.75, 3.05) is 12.8 Å². The van der Waals surface area contributed by atoms with Crippen LogP contribution in [0.25, 0.3) is 0 Å². The van der Waals surface area contributed by atoms with Gasteiger partial charge < -0.3 is 10.4 Å². The summed E-state index contributed by atoms with van der Waals surface area (Å²) in [5.74, 6) is -0.911. The third-order valence-corrected chi connectivity index (χ3v) is 2.59. The Morgan fingerprint density at radius 1 is 1.60 bits per heavy atom. The molecule has 0 unspecified atom stereocenters. The second kappa shape index (κ2) is 5.35. The summed E-state index contributed by atoms with van der Waals surface area (Å²) in [6.07, 6.45) is 1.41. The fourth-order valence-electron chi connectivity index (χ4n) is 0.839. The lowest BCUT2D eigenvalue weighted by Crippen LogP contribution is -2.19. The van der Waals surface area contributed by atoms with Crippen LogP contribution in [0.15, 0.2) is 23.2 Å². The van der Waals surface area contributed by atoms with E-state index in [9.17, 15) is 9.59 Å². The van der Waals surface area contributed by atoms with E-state index in [-0.39, 0.29) is 17.4 Å². The molecular formula is C9H10N2O3S. The number of carboxylic acids is 1. The minimum atomic E-state index is -1.07. The number of nitrogens with one attached hydrogen (secondary N) is 1. The minimum Gasteiger partial charge on any atom is -0.477 e. The lowest BCUT2D eigenvalue weighted by molar-refractivity contribution is -0.118. The van der Waals surface area contributed by atoms with E-state index in [0.717, 1.165) is 0 Å². The molecule has 80 valence electrons. The zero-order valence-corrected chi connectivity index (χ0v) is 8.87. The lowest BCUT2D eigenvalue weighted by Gasteiger charge is -2.01. The molecule has 0 saturated carbocycles. The molecule has 2 N–H and O–H groups in total. The van der Waals surface area contributed by atoms with Crippen molar-refractivity contribution in [3.05, 3.63) is 24.0 Å². The number of rotatable bonds is 4. The van der Waals surface area contributed by atoms with E-state index in [0.29, 0.717) is 4.90 Å². The van der Waals surface area contributed by atoms with Crippen LogP contribution in [-0.4, -0.2) is 34.8 Å². The molecule has 15 heavy (non-hydrogen) atoms. The average Bonchev–Trinajstić information content (AvgIpc) is 2.26. The monoisotopic (exact) mass is 226 g/mol. The van der Waals surface area contributed by atoms with Gasteiger partial charge in [0.05, 0.1) is 5.75 Å². The van der Waals surface area contributed by atoms with E-state index in [1.54, 1.807) is 13.1 Å². The van der Waals surface area contributed by atoms with E-state index in [1.807, 2.05) is 0 Å². The summed E-state index contributed by atoms with van der Waals surface area (Å²) in [6, 6.07) is 3.11. The van der Waals surface area contributed by atoms with Gasteiger partial charge in [-0.05, 0) is 12.1 Å². The van der Waals surface area contributed by atoms with Gasteiger partial charge in [0.1, 0.15) is 5.69 Å².